The number of aliphatic hydroxyl groups is 2. The lowest BCUT2D eigenvalue weighted by molar-refractivity contribution is -0.192. The van der Waals surface area contributed by atoms with E-state index in [1.807, 2.05) is 6.08 Å². The lowest BCUT2D eigenvalue weighted by Crippen LogP contribution is -2.63. The monoisotopic (exact) mass is 304 g/mol. The highest BCUT2D eigenvalue weighted by Gasteiger charge is 2.63. The van der Waals surface area contributed by atoms with Crippen LogP contribution in [0.25, 0.3) is 0 Å². The topological polar surface area (TPSA) is 40.5 Å². The fourth-order valence-electron chi connectivity index (χ4n) is 5.81. The normalized spacial score (nSPS) is 50.5. The minimum Gasteiger partial charge on any atom is -0.393 e. The van der Waals surface area contributed by atoms with Crippen molar-refractivity contribution in [3.05, 3.63) is 24.3 Å². The van der Waals surface area contributed by atoms with Gasteiger partial charge in [-0.25, -0.2) is 0 Å². The molecule has 5 atom stereocenters. The van der Waals surface area contributed by atoms with Gasteiger partial charge in [0, 0.05) is 10.8 Å². The van der Waals surface area contributed by atoms with Crippen molar-refractivity contribution in [3.8, 4) is 0 Å². The zero-order chi connectivity index (χ0) is 16.4. The Kier molecular flexibility index (Phi) is 3.48. The molecule has 22 heavy (non-hydrogen) atoms. The van der Waals surface area contributed by atoms with Crippen LogP contribution in [0.2, 0.25) is 0 Å². The van der Waals surface area contributed by atoms with Gasteiger partial charge >= 0.3 is 0 Å². The molecule has 0 aromatic rings. The van der Waals surface area contributed by atoms with Crippen LogP contribution >= 0.6 is 0 Å². The van der Waals surface area contributed by atoms with E-state index in [2.05, 4.69) is 40.3 Å². The second-order valence-electron chi connectivity index (χ2n) is 9.12. The van der Waals surface area contributed by atoms with Crippen molar-refractivity contribution in [3.63, 3.8) is 0 Å². The average Bonchev–Trinajstić information content (AvgIpc) is 2.46. The Morgan fingerprint density at radius 2 is 1.82 bits per heavy atom. The molecule has 0 spiro atoms. The lowest BCUT2D eigenvalue weighted by Gasteiger charge is -2.64. The summed E-state index contributed by atoms with van der Waals surface area (Å²) < 4.78 is 0. The SMILES string of the molecule is C=C[C@@]1(C)C=C2CC[C@@H]3C(C)(C)[C@H](O)CC[C@@]3(C)[C@]2(O)CC1. The highest BCUT2D eigenvalue weighted by molar-refractivity contribution is 5.34. The van der Waals surface area contributed by atoms with Crippen molar-refractivity contribution in [1.29, 1.82) is 0 Å². The van der Waals surface area contributed by atoms with Gasteiger partial charge < -0.3 is 10.2 Å². The Hall–Kier alpha value is -0.600. The first kappa shape index (κ1) is 16.3. The Morgan fingerprint density at radius 1 is 1.14 bits per heavy atom. The van der Waals surface area contributed by atoms with Crippen LogP contribution in [0.1, 0.15) is 66.2 Å². The lowest BCUT2D eigenvalue weighted by atomic mass is 9.43. The second kappa shape index (κ2) is 4.70. The maximum atomic E-state index is 11.7. The van der Waals surface area contributed by atoms with Crippen LogP contribution in [0.15, 0.2) is 24.3 Å². The first-order chi connectivity index (χ1) is 10.1. The van der Waals surface area contributed by atoms with Crippen molar-refractivity contribution in [2.24, 2.45) is 22.2 Å². The van der Waals surface area contributed by atoms with Crippen LogP contribution in [-0.2, 0) is 0 Å². The largest absolute Gasteiger partial charge is 0.393 e. The highest BCUT2D eigenvalue weighted by Crippen LogP contribution is 2.65. The molecule has 2 saturated carbocycles. The fourth-order valence-corrected chi connectivity index (χ4v) is 5.81. The second-order valence-corrected chi connectivity index (χ2v) is 9.12. The summed E-state index contributed by atoms with van der Waals surface area (Å²) in [5.74, 6) is 0.374. The van der Waals surface area contributed by atoms with Crippen LogP contribution in [0, 0.1) is 22.2 Å². The van der Waals surface area contributed by atoms with Gasteiger partial charge in [-0.1, -0.05) is 39.8 Å². The van der Waals surface area contributed by atoms with Gasteiger partial charge in [-0.15, -0.1) is 6.58 Å². The van der Waals surface area contributed by atoms with Crippen LogP contribution < -0.4 is 0 Å². The summed E-state index contributed by atoms with van der Waals surface area (Å²) in [5, 5.41) is 22.2. The van der Waals surface area contributed by atoms with Crippen LogP contribution in [-0.4, -0.2) is 21.9 Å². The molecule has 3 aliphatic carbocycles. The summed E-state index contributed by atoms with van der Waals surface area (Å²) in [6.45, 7) is 12.9. The maximum absolute atomic E-state index is 11.7. The van der Waals surface area contributed by atoms with Crippen LogP contribution in [0.4, 0.5) is 0 Å². The molecule has 3 rings (SSSR count). The predicted octanol–water partition coefficient (Wildman–Crippen LogP) is 4.23. The molecule has 3 aliphatic rings. The molecule has 0 unspecified atom stereocenters. The van der Waals surface area contributed by atoms with Crippen LogP contribution in [0.5, 0.6) is 0 Å². The Bertz CT molecular complexity index is 520. The minimum absolute atomic E-state index is 0.0223. The van der Waals surface area contributed by atoms with Crippen molar-refractivity contribution in [1.82, 2.24) is 0 Å². The van der Waals surface area contributed by atoms with E-state index < -0.39 is 5.60 Å². The number of fused-ring (bicyclic) bond motifs is 3. The zero-order valence-electron chi connectivity index (χ0n) is 14.7. The molecule has 0 aromatic heterocycles. The zero-order valence-corrected chi connectivity index (χ0v) is 14.7. The van der Waals surface area contributed by atoms with Gasteiger partial charge in [-0.2, -0.15) is 0 Å². The third kappa shape index (κ3) is 1.93. The number of rotatable bonds is 1. The summed E-state index contributed by atoms with van der Waals surface area (Å²) in [7, 11) is 0. The average molecular weight is 304 g/mol. The molecule has 2 nitrogen and oxygen atoms in total. The third-order valence-corrected chi connectivity index (χ3v) is 7.64. The van der Waals surface area contributed by atoms with Gasteiger partial charge in [-0.3, -0.25) is 0 Å². The van der Waals surface area contributed by atoms with E-state index in [4.69, 9.17) is 0 Å². The number of hydrogen-bond acceptors (Lipinski definition) is 2. The molecular formula is C20H32O2. The molecule has 2 fully saturated rings. The summed E-state index contributed by atoms with van der Waals surface area (Å²) >= 11 is 0. The first-order valence-electron chi connectivity index (χ1n) is 8.85. The van der Waals surface area contributed by atoms with Gasteiger partial charge in [0.2, 0.25) is 0 Å². The van der Waals surface area contributed by atoms with Gasteiger partial charge in [0.1, 0.15) is 0 Å². The van der Waals surface area contributed by atoms with E-state index in [1.165, 1.54) is 5.57 Å². The Labute approximate surface area is 135 Å². The molecule has 0 aliphatic heterocycles. The first-order valence-corrected chi connectivity index (χ1v) is 8.85. The van der Waals surface area contributed by atoms with Gasteiger partial charge in [0.15, 0.2) is 0 Å². The maximum Gasteiger partial charge on any atom is 0.0913 e. The standard InChI is InChI=1S/C20H32O2/c1-6-18(4)11-12-20(22)14(13-18)7-8-15-17(2,3)16(21)9-10-19(15,20)5/h6,13,15-16,21-22H,1,7-12H2,2-5H3/t15-,16-,18-,19-,20+/m1/s1. The molecule has 0 bridgehead atoms. The van der Waals surface area contributed by atoms with Gasteiger partial charge in [0.25, 0.3) is 0 Å². The van der Waals surface area contributed by atoms with Crippen molar-refractivity contribution < 1.29 is 10.2 Å². The molecule has 0 amide bonds. The summed E-state index contributed by atoms with van der Waals surface area (Å²) in [6, 6.07) is 0. The molecule has 0 radical (unpaired) electrons. The van der Waals surface area contributed by atoms with E-state index in [9.17, 15) is 10.2 Å². The highest BCUT2D eigenvalue weighted by atomic mass is 16.3. The summed E-state index contributed by atoms with van der Waals surface area (Å²) in [6.07, 6.45) is 9.60. The molecule has 0 aromatic carbocycles. The molecule has 2 N–H and O–H groups in total. The van der Waals surface area contributed by atoms with Crippen molar-refractivity contribution in [2.45, 2.75) is 77.9 Å². The predicted molar refractivity (Wildman–Crippen MR) is 90.4 cm³/mol. The quantitative estimate of drug-likeness (QED) is 0.712. The summed E-state index contributed by atoms with van der Waals surface area (Å²) in [5.41, 5.74) is 0.312. The molecular weight excluding hydrogens is 272 g/mol. The van der Waals surface area contributed by atoms with Crippen molar-refractivity contribution >= 4 is 0 Å². The minimum atomic E-state index is -0.699. The van der Waals surface area contributed by atoms with E-state index >= 15 is 0 Å². The van der Waals surface area contributed by atoms with E-state index in [0.29, 0.717) is 5.92 Å². The molecule has 124 valence electrons. The van der Waals surface area contributed by atoms with Gasteiger partial charge in [0.05, 0.1) is 11.7 Å². The van der Waals surface area contributed by atoms with E-state index in [-0.39, 0.29) is 22.3 Å². The molecule has 0 saturated heterocycles. The molecule has 2 heteroatoms. The smallest absolute Gasteiger partial charge is 0.0913 e. The van der Waals surface area contributed by atoms with Gasteiger partial charge in [-0.05, 0) is 55.4 Å². The summed E-state index contributed by atoms with van der Waals surface area (Å²) in [4.78, 5) is 0. The number of aliphatic hydroxyl groups excluding tert-OH is 1. The number of hydrogen-bond donors (Lipinski definition) is 2. The van der Waals surface area contributed by atoms with Crippen molar-refractivity contribution in [2.75, 3.05) is 0 Å². The number of allylic oxidation sites excluding steroid dienone is 2. The van der Waals surface area contributed by atoms with E-state index in [1.54, 1.807) is 0 Å². The molecule has 0 heterocycles. The van der Waals surface area contributed by atoms with Crippen LogP contribution in [0.3, 0.4) is 0 Å². The Morgan fingerprint density at radius 3 is 2.45 bits per heavy atom. The Balaban J connectivity index is 2.06. The van der Waals surface area contributed by atoms with E-state index in [0.717, 1.165) is 38.5 Å². The third-order valence-electron chi connectivity index (χ3n) is 7.64. The fraction of sp³-hybridized carbons (Fsp3) is 0.800.